The Morgan fingerprint density at radius 3 is 2.33 bits per heavy atom. The molecule has 0 aliphatic carbocycles. The second-order valence-electron chi connectivity index (χ2n) is 4.29. The highest BCUT2D eigenvalue weighted by molar-refractivity contribution is 7.71. The summed E-state index contributed by atoms with van der Waals surface area (Å²) in [4.78, 5) is 0. The molecule has 0 aliphatic heterocycles. The molecule has 0 saturated heterocycles. The van der Waals surface area contributed by atoms with Crippen molar-refractivity contribution < 1.29 is 0 Å². The van der Waals surface area contributed by atoms with E-state index in [0.29, 0.717) is 25.7 Å². The van der Waals surface area contributed by atoms with Gasteiger partial charge >= 0.3 is 0 Å². The molecule has 0 spiro atoms. The van der Waals surface area contributed by atoms with Crippen LogP contribution in [-0.4, -0.2) is 14.8 Å². The fourth-order valence-electron chi connectivity index (χ4n) is 1.95. The van der Waals surface area contributed by atoms with E-state index in [0.717, 1.165) is 11.3 Å². The van der Waals surface area contributed by atoms with Crippen LogP contribution in [0.4, 0.5) is 0 Å². The third-order valence-corrected chi connectivity index (χ3v) is 4.20. The van der Waals surface area contributed by atoms with E-state index in [2.05, 4.69) is 10.2 Å². The second kappa shape index (κ2) is 5.81. The molecule has 0 unspecified atom stereocenters. The monoisotopic (exact) mass is 355 g/mol. The summed E-state index contributed by atoms with van der Waals surface area (Å²) in [6.07, 6.45) is 0. The van der Waals surface area contributed by atoms with Crippen molar-refractivity contribution in [2.24, 2.45) is 0 Å². The molecule has 0 amide bonds. The van der Waals surface area contributed by atoms with Crippen molar-refractivity contribution in [2.45, 2.75) is 0 Å². The highest BCUT2D eigenvalue weighted by atomic mass is 35.5. The van der Waals surface area contributed by atoms with Gasteiger partial charge in [0.05, 0.1) is 15.7 Å². The van der Waals surface area contributed by atoms with E-state index in [1.807, 2.05) is 18.2 Å². The summed E-state index contributed by atoms with van der Waals surface area (Å²) in [6, 6.07) is 12.7. The molecule has 21 heavy (non-hydrogen) atoms. The Labute approximate surface area is 141 Å². The zero-order chi connectivity index (χ0) is 15.0. The van der Waals surface area contributed by atoms with Crippen LogP contribution in [0.5, 0.6) is 0 Å². The minimum atomic E-state index is 0.458. The summed E-state index contributed by atoms with van der Waals surface area (Å²) >= 11 is 23.2. The van der Waals surface area contributed by atoms with Gasteiger partial charge in [-0.1, -0.05) is 34.8 Å². The Hall–Kier alpha value is -1.33. The Bertz CT molecular complexity index is 853. The molecule has 1 heterocycles. The van der Waals surface area contributed by atoms with Crippen LogP contribution in [0.3, 0.4) is 0 Å². The third-order valence-electron chi connectivity index (χ3n) is 2.94. The molecule has 2 aromatic carbocycles. The van der Waals surface area contributed by atoms with Gasteiger partial charge < -0.3 is 0 Å². The van der Waals surface area contributed by atoms with Crippen LogP contribution in [0.15, 0.2) is 42.5 Å². The number of hydrogen-bond donors (Lipinski definition) is 1. The van der Waals surface area contributed by atoms with E-state index < -0.39 is 0 Å². The Kier molecular flexibility index (Phi) is 4.04. The van der Waals surface area contributed by atoms with Gasteiger partial charge in [-0.2, -0.15) is 5.10 Å². The largest absolute Gasteiger partial charge is 0.268 e. The molecular formula is C14H8Cl3N3S. The number of hydrogen-bond acceptors (Lipinski definition) is 2. The number of benzene rings is 2. The van der Waals surface area contributed by atoms with Crippen LogP contribution in [0.1, 0.15) is 0 Å². The molecule has 0 radical (unpaired) electrons. The van der Waals surface area contributed by atoms with Crippen LogP contribution < -0.4 is 0 Å². The van der Waals surface area contributed by atoms with Gasteiger partial charge in [0.1, 0.15) is 0 Å². The molecular weight excluding hydrogens is 349 g/mol. The Balaban J connectivity index is 2.19. The Morgan fingerprint density at radius 2 is 1.67 bits per heavy atom. The number of rotatable bonds is 2. The predicted octanol–water partition coefficient (Wildman–Crippen LogP) is 5.56. The van der Waals surface area contributed by atoms with Crippen LogP contribution >= 0.6 is 47.0 Å². The lowest BCUT2D eigenvalue weighted by Crippen LogP contribution is -1.97. The molecule has 0 aliphatic rings. The molecule has 3 nitrogen and oxygen atoms in total. The average molecular weight is 357 g/mol. The molecule has 0 fully saturated rings. The number of H-pyrrole nitrogens is 1. The Morgan fingerprint density at radius 1 is 0.952 bits per heavy atom. The summed E-state index contributed by atoms with van der Waals surface area (Å²) in [5.41, 5.74) is 1.67. The van der Waals surface area contributed by atoms with Crippen LogP contribution in [0, 0.1) is 4.77 Å². The third kappa shape index (κ3) is 2.85. The van der Waals surface area contributed by atoms with Gasteiger partial charge in [-0.05, 0) is 54.7 Å². The van der Waals surface area contributed by atoms with Gasteiger partial charge in [0.15, 0.2) is 10.6 Å². The van der Waals surface area contributed by atoms with Gasteiger partial charge in [-0.3, -0.25) is 9.67 Å². The number of aromatic nitrogens is 3. The lowest BCUT2D eigenvalue weighted by atomic mass is 10.2. The van der Waals surface area contributed by atoms with Gasteiger partial charge in [0, 0.05) is 10.6 Å². The van der Waals surface area contributed by atoms with Crippen molar-refractivity contribution in [3.8, 4) is 17.1 Å². The minimum absolute atomic E-state index is 0.458. The van der Waals surface area contributed by atoms with Crippen molar-refractivity contribution in [3.63, 3.8) is 0 Å². The van der Waals surface area contributed by atoms with Crippen molar-refractivity contribution in [1.29, 1.82) is 0 Å². The standard InChI is InChI=1S/C14H8Cl3N3S/c15-9-3-1-8(2-4-9)13-18-19-14(21)20(13)10-5-6-11(16)12(17)7-10/h1-7H,(H,19,21). The van der Waals surface area contributed by atoms with Crippen molar-refractivity contribution >= 4 is 47.0 Å². The second-order valence-corrected chi connectivity index (χ2v) is 5.93. The first kappa shape index (κ1) is 14.6. The SMILES string of the molecule is S=c1[nH]nc(-c2ccc(Cl)cc2)n1-c1ccc(Cl)c(Cl)c1. The topological polar surface area (TPSA) is 33.6 Å². The van der Waals surface area contributed by atoms with E-state index in [1.54, 1.807) is 28.8 Å². The van der Waals surface area contributed by atoms with E-state index >= 15 is 0 Å². The summed E-state index contributed by atoms with van der Waals surface area (Å²) in [5, 5.41) is 8.67. The first-order valence-electron chi connectivity index (χ1n) is 5.95. The number of nitrogens with zero attached hydrogens (tertiary/aromatic N) is 2. The zero-order valence-electron chi connectivity index (χ0n) is 10.5. The average Bonchev–Trinajstić information content (AvgIpc) is 2.85. The molecule has 0 atom stereocenters. The molecule has 1 aromatic heterocycles. The van der Waals surface area contributed by atoms with Gasteiger partial charge in [-0.15, -0.1) is 0 Å². The van der Waals surface area contributed by atoms with Gasteiger partial charge in [0.2, 0.25) is 0 Å². The molecule has 0 bridgehead atoms. The van der Waals surface area contributed by atoms with E-state index in [-0.39, 0.29) is 0 Å². The van der Waals surface area contributed by atoms with Crippen LogP contribution in [-0.2, 0) is 0 Å². The van der Waals surface area contributed by atoms with E-state index in [4.69, 9.17) is 47.0 Å². The van der Waals surface area contributed by atoms with Gasteiger partial charge in [0.25, 0.3) is 0 Å². The minimum Gasteiger partial charge on any atom is -0.268 e. The number of nitrogens with one attached hydrogen (secondary N) is 1. The summed E-state index contributed by atoms with van der Waals surface area (Å²) in [5.74, 6) is 0.676. The summed E-state index contributed by atoms with van der Waals surface area (Å²) in [6.45, 7) is 0. The van der Waals surface area contributed by atoms with Crippen molar-refractivity contribution in [1.82, 2.24) is 14.8 Å². The number of halogens is 3. The molecule has 7 heteroatoms. The number of aromatic amines is 1. The van der Waals surface area contributed by atoms with E-state index in [9.17, 15) is 0 Å². The van der Waals surface area contributed by atoms with Crippen molar-refractivity contribution in [2.75, 3.05) is 0 Å². The summed E-state index contributed by atoms with van der Waals surface area (Å²) < 4.78 is 2.26. The normalized spacial score (nSPS) is 10.8. The lowest BCUT2D eigenvalue weighted by Gasteiger charge is -2.08. The van der Waals surface area contributed by atoms with Crippen molar-refractivity contribution in [3.05, 3.63) is 62.3 Å². The molecule has 1 N–H and O–H groups in total. The molecule has 3 aromatic rings. The molecule has 106 valence electrons. The summed E-state index contributed by atoms with van der Waals surface area (Å²) in [7, 11) is 0. The maximum Gasteiger partial charge on any atom is 0.200 e. The molecule has 0 saturated carbocycles. The quantitative estimate of drug-likeness (QED) is 0.610. The first-order chi connectivity index (χ1) is 10.1. The maximum absolute atomic E-state index is 6.07. The van der Waals surface area contributed by atoms with Crippen LogP contribution in [0.2, 0.25) is 15.1 Å². The zero-order valence-corrected chi connectivity index (χ0v) is 13.6. The lowest BCUT2D eigenvalue weighted by molar-refractivity contribution is 1.04. The molecule has 3 rings (SSSR count). The van der Waals surface area contributed by atoms with E-state index in [1.165, 1.54) is 0 Å². The predicted molar refractivity (Wildman–Crippen MR) is 89.2 cm³/mol. The first-order valence-corrected chi connectivity index (χ1v) is 7.49. The maximum atomic E-state index is 6.07. The fourth-order valence-corrected chi connectivity index (χ4v) is 2.61. The smallest absolute Gasteiger partial charge is 0.200 e. The van der Waals surface area contributed by atoms with Gasteiger partial charge in [-0.25, -0.2) is 0 Å². The highest BCUT2D eigenvalue weighted by Gasteiger charge is 2.11. The van der Waals surface area contributed by atoms with Crippen LogP contribution in [0.25, 0.3) is 17.1 Å². The fraction of sp³-hybridized carbons (Fsp3) is 0. The highest BCUT2D eigenvalue weighted by Crippen LogP contribution is 2.28.